The van der Waals surface area contributed by atoms with E-state index in [-0.39, 0.29) is 28.7 Å². The molecule has 1 aliphatic heterocycles. The molecule has 12 heteroatoms. The molecule has 0 fully saturated rings. The first-order valence-electron chi connectivity index (χ1n) is 10.4. The molecule has 1 aliphatic rings. The van der Waals surface area contributed by atoms with Gasteiger partial charge in [-0.2, -0.15) is 13.2 Å². The maximum absolute atomic E-state index is 13.2. The maximum atomic E-state index is 13.2. The van der Waals surface area contributed by atoms with Crippen LogP contribution in [0.4, 0.5) is 18.9 Å². The molecule has 0 aliphatic carbocycles. The van der Waals surface area contributed by atoms with Gasteiger partial charge in [-0.05, 0) is 62.0 Å². The lowest BCUT2D eigenvalue weighted by atomic mass is 9.94. The normalized spacial score (nSPS) is 15.7. The molecule has 35 heavy (non-hydrogen) atoms. The fourth-order valence-electron chi connectivity index (χ4n) is 3.46. The molecule has 5 N–H and O–H groups in total. The highest BCUT2D eigenvalue weighted by Gasteiger charge is 2.32. The zero-order valence-corrected chi connectivity index (χ0v) is 19.6. The average Bonchev–Trinajstić information content (AvgIpc) is 2.77. The predicted molar refractivity (Wildman–Crippen MR) is 127 cm³/mol. The Bertz CT molecular complexity index is 1180. The van der Waals surface area contributed by atoms with Crippen molar-refractivity contribution < 1.29 is 32.2 Å². The van der Waals surface area contributed by atoms with E-state index in [0.29, 0.717) is 23.6 Å². The molecule has 0 radical (unpaired) electrons. The number of nitrogens with one attached hydrogen (secondary N) is 3. The summed E-state index contributed by atoms with van der Waals surface area (Å²) in [5.74, 6) is -0.690. The van der Waals surface area contributed by atoms with Gasteiger partial charge in [-0.15, -0.1) is 0 Å². The third-order valence-electron chi connectivity index (χ3n) is 4.93. The van der Waals surface area contributed by atoms with Crippen LogP contribution in [0.15, 0.2) is 53.7 Å². The van der Waals surface area contributed by atoms with Gasteiger partial charge in [0.2, 0.25) is 0 Å². The van der Waals surface area contributed by atoms with Crippen molar-refractivity contribution >= 4 is 34.8 Å². The summed E-state index contributed by atoms with van der Waals surface area (Å²) < 4.78 is 50.2. The van der Waals surface area contributed by atoms with Crippen molar-refractivity contribution in [2.75, 3.05) is 18.5 Å². The third kappa shape index (κ3) is 6.41. The number of amides is 2. The quantitative estimate of drug-likeness (QED) is 0.404. The molecule has 0 bridgehead atoms. The Morgan fingerprint density at radius 1 is 1.14 bits per heavy atom. The van der Waals surface area contributed by atoms with Crippen molar-refractivity contribution in [2.45, 2.75) is 26.1 Å². The second-order valence-corrected chi connectivity index (χ2v) is 7.91. The second kappa shape index (κ2) is 10.6. The van der Waals surface area contributed by atoms with Crippen molar-refractivity contribution in [1.29, 1.82) is 0 Å². The number of rotatable bonds is 8. The predicted octanol–water partition coefficient (Wildman–Crippen LogP) is 3.40. The molecule has 2 aromatic carbocycles. The summed E-state index contributed by atoms with van der Waals surface area (Å²) in [5.41, 5.74) is 5.45. The zero-order valence-electron chi connectivity index (χ0n) is 18.8. The van der Waals surface area contributed by atoms with E-state index in [4.69, 9.17) is 27.4 Å². The summed E-state index contributed by atoms with van der Waals surface area (Å²) in [6.45, 7) is 3.35. The number of benzene rings is 2. The van der Waals surface area contributed by atoms with Gasteiger partial charge in [-0.1, -0.05) is 12.1 Å². The van der Waals surface area contributed by atoms with Gasteiger partial charge in [-0.25, -0.2) is 0 Å². The SMILES string of the molecule is CCOc1cc(C2NC(=S)NC(C)=C2C(=O)Nc2cccc(C(F)(F)F)c2)ccc1OCC(N)=O. The molecule has 1 heterocycles. The highest BCUT2D eigenvalue weighted by Crippen LogP contribution is 2.35. The minimum absolute atomic E-state index is 0.0118. The Balaban J connectivity index is 1.95. The third-order valence-corrected chi connectivity index (χ3v) is 5.15. The van der Waals surface area contributed by atoms with E-state index in [0.717, 1.165) is 12.1 Å². The largest absolute Gasteiger partial charge is 0.490 e. The molecule has 8 nitrogen and oxygen atoms in total. The molecule has 3 rings (SSSR count). The summed E-state index contributed by atoms with van der Waals surface area (Å²) >= 11 is 5.25. The number of thiocarbonyl (C=S) groups is 1. The molecule has 0 aromatic heterocycles. The number of hydrogen-bond donors (Lipinski definition) is 4. The van der Waals surface area contributed by atoms with Crippen LogP contribution in [0.3, 0.4) is 0 Å². The topological polar surface area (TPSA) is 115 Å². The number of nitrogens with two attached hydrogens (primary N) is 1. The molecule has 1 atom stereocenters. The van der Waals surface area contributed by atoms with Crippen molar-refractivity contribution in [3.05, 3.63) is 64.9 Å². The lowest BCUT2D eigenvalue weighted by Crippen LogP contribution is -2.45. The first-order chi connectivity index (χ1) is 16.5. The number of anilines is 1. The smallest absolute Gasteiger partial charge is 0.416 e. The number of primary amides is 1. The van der Waals surface area contributed by atoms with Gasteiger partial charge in [0.1, 0.15) is 0 Å². The van der Waals surface area contributed by atoms with Crippen LogP contribution in [-0.2, 0) is 15.8 Å². The van der Waals surface area contributed by atoms with Crippen LogP contribution in [0, 0.1) is 0 Å². The summed E-state index contributed by atoms with van der Waals surface area (Å²) in [4.78, 5) is 24.3. The Morgan fingerprint density at radius 2 is 1.89 bits per heavy atom. The maximum Gasteiger partial charge on any atom is 0.416 e. The van der Waals surface area contributed by atoms with Crippen LogP contribution in [-0.4, -0.2) is 30.1 Å². The lowest BCUT2D eigenvalue weighted by Gasteiger charge is -2.30. The van der Waals surface area contributed by atoms with E-state index in [1.54, 1.807) is 32.0 Å². The molecule has 1 unspecified atom stereocenters. The van der Waals surface area contributed by atoms with Crippen LogP contribution in [0.1, 0.15) is 31.0 Å². The van der Waals surface area contributed by atoms with Gasteiger partial charge in [0, 0.05) is 11.4 Å². The number of carbonyl (C=O) groups excluding carboxylic acids is 2. The number of alkyl halides is 3. The van der Waals surface area contributed by atoms with Crippen molar-refractivity contribution in [1.82, 2.24) is 10.6 Å². The number of halogens is 3. The molecule has 2 aromatic rings. The van der Waals surface area contributed by atoms with Crippen LogP contribution in [0.5, 0.6) is 11.5 Å². The number of allylic oxidation sites excluding steroid dienone is 1. The summed E-state index contributed by atoms with van der Waals surface area (Å²) in [6.07, 6.45) is -4.55. The summed E-state index contributed by atoms with van der Waals surface area (Å²) in [6, 6.07) is 8.43. The van der Waals surface area contributed by atoms with E-state index in [1.807, 2.05) is 0 Å². The fourth-order valence-corrected chi connectivity index (χ4v) is 3.73. The number of ether oxygens (including phenoxy) is 2. The molecule has 0 spiro atoms. The zero-order chi connectivity index (χ0) is 25.8. The first kappa shape index (κ1) is 25.8. The Labute approximate surface area is 204 Å². The van der Waals surface area contributed by atoms with Crippen molar-refractivity contribution in [3.8, 4) is 11.5 Å². The van der Waals surface area contributed by atoms with Crippen LogP contribution < -0.4 is 31.2 Å². The lowest BCUT2D eigenvalue weighted by molar-refractivity contribution is -0.137. The van der Waals surface area contributed by atoms with E-state index in [2.05, 4.69) is 16.0 Å². The fraction of sp³-hybridized carbons (Fsp3) is 0.261. The molecule has 0 saturated carbocycles. The van der Waals surface area contributed by atoms with Gasteiger partial charge >= 0.3 is 6.18 Å². The van der Waals surface area contributed by atoms with Crippen molar-refractivity contribution in [2.24, 2.45) is 5.73 Å². The van der Waals surface area contributed by atoms with Gasteiger partial charge in [0.05, 0.1) is 23.8 Å². The Hall–Kier alpha value is -3.80. The monoisotopic (exact) mass is 508 g/mol. The highest BCUT2D eigenvalue weighted by molar-refractivity contribution is 7.80. The highest BCUT2D eigenvalue weighted by atomic mass is 32.1. The minimum Gasteiger partial charge on any atom is -0.490 e. The number of carbonyl (C=O) groups is 2. The minimum atomic E-state index is -4.55. The number of hydrogen-bond acceptors (Lipinski definition) is 5. The molecule has 186 valence electrons. The standard InChI is InChI=1S/C23H23F3N4O4S/c1-3-33-17-9-13(7-8-16(17)34-11-18(27)31)20-19(12(2)28-22(35)30-20)21(32)29-15-6-4-5-14(10-15)23(24,25)26/h4-10,20H,3,11H2,1-2H3,(H2,27,31)(H,29,32)(H2,28,30,35). The second-order valence-electron chi connectivity index (χ2n) is 7.50. The van der Waals surface area contributed by atoms with Gasteiger partial charge in [0.25, 0.3) is 11.8 Å². The van der Waals surface area contributed by atoms with E-state index < -0.39 is 29.6 Å². The van der Waals surface area contributed by atoms with E-state index in [9.17, 15) is 22.8 Å². The summed E-state index contributed by atoms with van der Waals surface area (Å²) in [5, 5.41) is 8.66. The van der Waals surface area contributed by atoms with Gasteiger partial charge in [-0.3, -0.25) is 9.59 Å². The van der Waals surface area contributed by atoms with Crippen LogP contribution >= 0.6 is 12.2 Å². The summed E-state index contributed by atoms with van der Waals surface area (Å²) in [7, 11) is 0. The molecular weight excluding hydrogens is 485 g/mol. The molecule has 2 amide bonds. The average molecular weight is 509 g/mol. The van der Waals surface area contributed by atoms with E-state index >= 15 is 0 Å². The molecule has 0 saturated heterocycles. The van der Waals surface area contributed by atoms with Gasteiger partial charge in [0.15, 0.2) is 23.2 Å². The van der Waals surface area contributed by atoms with Gasteiger partial charge < -0.3 is 31.2 Å². The Morgan fingerprint density at radius 3 is 2.54 bits per heavy atom. The Kier molecular flexibility index (Phi) is 7.85. The van der Waals surface area contributed by atoms with Crippen LogP contribution in [0.25, 0.3) is 0 Å². The van der Waals surface area contributed by atoms with E-state index in [1.165, 1.54) is 12.1 Å². The molecular formula is C23H23F3N4O4S. The first-order valence-corrected chi connectivity index (χ1v) is 10.8. The van der Waals surface area contributed by atoms with Crippen LogP contribution in [0.2, 0.25) is 0 Å². The van der Waals surface area contributed by atoms with Crippen molar-refractivity contribution in [3.63, 3.8) is 0 Å².